The molecule has 0 aliphatic heterocycles. The second-order valence-corrected chi connectivity index (χ2v) is 7.96. The summed E-state index contributed by atoms with van der Waals surface area (Å²) in [7, 11) is -3.66. The van der Waals surface area contributed by atoms with E-state index in [1.807, 2.05) is 30.3 Å². The number of hydrogen-bond donors (Lipinski definition) is 1. The quantitative estimate of drug-likeness (QED) is 0.802. The molecule has 1 atom stereocenters. The Morgan fingerprint density at radius 1 is 1.16 bits per heavy atom. The Morgan fingerprint density at radius 2 is 1.84 bits per heavy atom. The van der Waals surface area contributed by atoms with E-state index in [0.717, 1.165) is 16.1 Å². The van der Waals surface area contributed by atoms with Gasteiger partial charge in [0.1, 0.15) is 6.04 Å². The third-order valence-corrected chi connectivity index (χ3v) is 5.12. The van der Waals surface area contributed by atoms with Gasteiger partial charge in [-0.25, -0.2) is 8.42 Å². The van der Waals surface area contributed by atoms with Crippen LogP contribution in [-0.2, 0) is 21.4 Å². The van der Waals surface area contributed by atoms with Crippen molar-refractivity contribution in [3.8, 4) is 0 Å². The Labute approximate surface area is 153 Å². The van der Waals surface area contributed by atoms with Gasteiger partial charge in [0.05, 0.1) is 11.9 Å². The maximum atomic E-state index is 12.6. The van der Waals surface area contributed by atoms with E-state index < -0.39 is 16.1 Å². The largest absolute Gasteiger partial charge is 0.350 e. The van der Waals surface area contributed by atoms with Crippen molar-refractivity contribution in [3.63, 3.8) is 0 Å². The summed E-state index contributed by atoms with van der Waals surface area (Å²) in [5, 5.41) is 3.22. The van der Waals surface area contributed by atoms with E-state index in [0.29, 0.717) is 23.7 Å². The lowest BCUT2D eigenvalue weighted by atomic mass is 10.1. The van der Waals surface area contributed by atoms with Crippen LogP contribution in [0, 0.1) is 0 Å². The molecular formula is C18H21ClN2O3S. The van der Waals surface area contributed by atoms with E-state index in [4.69, 9.17) is 11.6 Å². The number of carbonyl (C=O) groups excluding carboxylic acids is 1. The van der Waals surface area contributed by atoms with Crippen molar-refractivity contribution in [2.24, 2.45) is 0 Å². The van der Waals surface area contributed by atoms with Crippen molar-refractivity contribution >= 4 is 33.2 Å². The van der Waals surface area contributed by atoms with E-state index in [9.17, 15) is 13.2 Å². The molecule has 0 saturated carbocycles. The molecule has 0 radical (unpaired) electrons. The fraction of sp³-hybridized carbons (Fsp3) is 0.278. The lowest BCUT2D eigenvalue weighted by Crippen LogP contribution is -2.49. The van der Waals surface area contributed by atoms with Gasteiger partial charge in [-0.1, -0.05) is 54.9 Å². The van der Waals surface area contributed by atoms with Gasteiger partial charge in [0.2, 0.25) is 15.9 Å². The van der Waals surface area contributed by atoms with E-state index in [2.05, 4.69) is 5.32 Å². The number of amides is 1. The molecule has 2 aromatic carbocycles. The molecule has 0 bridgehead atoms. The molecule has 0 aliphatic rings. The van der Waals surface area contributed by atoms with Crippen molar-refractivity contribution in [1.29, 1.82) is 0 Å². The molecule has 0 heterocycles. The van der Waals surface area contributed by atoms with Gasteiger partial charge >= 0.3 is 0 Å². The van der Waals surface area contributed by atoms with Crippen molar-refractivity contribution in [3.05, 3.63) is 65.2 Å². The monoisotopic (exact) mass is 380 g/mol. The smallest absolute Gasteiger partial charge is 0.244 e. The summed E-state index contributed by atoms with van der Waals surface area (Å²) in [6.07, 6.45) is 1.42. The lowest BCUT2D eigenvalue weighted by Gasteiger charge is -2.30. The Bertz CT molecular complexity index is 825. The number of nitrogens with zero attached hydrogens (tertiary/aromatic N) is 1. The van der Waals surface area contributed by atoms with Gasteiger partial charge in [0, 0.05) is 11.6 Å². The standard InChI is InChI=1S/C18H21ClN2O3S/c1-3-17(18(22)20-13-14-8-5-4-6-9-14)21(25(2,23)24)16-11-7-10-15(19)12-16/h4-12,17H,3,13H2,1-2H3,(H,20,22)/t17-/m1/s1. The first-order chi connectivity index (χ1) is 11.8. The van der Waals surface area contributed by atoms with E-state index in [-0.39, 0.29) is 5.91 Å². The van der Waals surface area contributed by atoms with Crippen molar-refractivity contribution < 1.29 is 13.2 Å². The number of carbonyl (C=O) groups is 1. The summed E-state index contributed by atoms with van der Waals surface area (Å²) >= 11 is 5.99. The van der Waals surface area contributed by atoms with E-state index in [1.54, 1.807) is 25.1 Å². The summed E-state index contributed by atoms with van der Waals surface area (Å²) in [4.78, 5) is 12.6. The highest BCUT2D eigenvalue weighted by Crippen LogP contribution is 2.25. The van der Waals surface area contributed by atoms with Gasteiger partial charge in [-0.2, -0.15) is 0 Å². The number of sulfonamides is 1. The van der Waals surface area contributed by atoms with Crippen molar-refractivity contribution in [2.45, 2.75) is 25.9 Å². The van der Waals surface area contributed by atoms with E-state index in [1.165, 1.54) is 6.07 Å². The Balaban J connectivity index is 2.25. The van der Waals surface area contributed by atoms with Crippen LogP contribution in [0.2, 0.25) is 5.02 Å². The maximum Gasteiger partial charge on any atom is 0.244 e. The Kier molecular flexibility index (Phi) is 6.45. The minimum absolute atomic E-state index is 0.334. The lowest BCUT2D eigenvalue weighted by molar-refractivity contribution is -0.122. The molecule has 7 heteroatoms. The molecule has 1 N–H and O–H groups in total. The summed E-state index contributed by atoms with van der Waals surface area (Å²) in [5.41, 5.74) is 1.32. The highest BCUT2D eigenvalue weighted by atomic mass is 35.5. The van der Waals surface area contributed by atoms with Crippen LogP contribution in [0.3, 0.4) is 0 Å². The average Bonchev–Trinajstić information content (AvgIpc) is 2.57. The Morgan fingerprint density at radius 3 is 2.40 bits per heavy atom. The van der Waals surface area contributed by atoms with E-state index >= 15 is 0 Å². The number of rotatable bonds is 7. The molecule has 0 fully saturated rings. The summed E-state index contributed by atoms with van der Waals surface area (Å²) in [5.74, 6) is -0.350. The molecule has 5 nitrogen and oxygen atoms in total. The predicted molar refractivity (Wildman–Crippen MR) is 101 cm³/mol. The SMILES string of the molecule is CC[C@H](C(=O)NCc1ccccc1)N(c1cccc(Cl)c1)S(C)(=O)=O. The number of nitrogens with one attached hydrogen (secondary N) is 1. The topological polar surface area (TPSA) is 66.5 Å². The summed E-state index contributed by atoms with van der Waals surface area (Å²) in [6.45, 7) is 2.11. The first-order valence-corrected chi connectivity index (χ1v) is 10.1. The fourth-order valence-corrected chi connectivity index (χ4v) is 3.96. The zero-order chi connectivity index (χ0) is 18.4. The van der Waals surface area contributed by atoms with Crippen LogP contribution in [0.25, 0.3) is 0 Å². The molecular weight excluding hydrogens is 360 g/mol. The maximum absolute atomic E-state index is 12.6. The summed E-state index contributed by atoms with van der Waals surface area (Å²) < 4.78 is 25.8. The van der Waals surface area contributed by atoms with Gasteiger partial charge in [-0.3, -0.25) is 9.10 Å². The number of anilines is 1. The third kappa shape index (κ3) is 5.21. The van der Waals surface area contributed by atoms with Crippen LogP contribution in [0.5, 0.6) is 0 Å². The van der Waals surface area contributed by atoms with Gasteiger partial charge in [0.15, 0.2) is 0 Å². The normalized spacial score (nSPS) is 12.4. The van der Waals surface area contributed by atoms with Gasteiger partial charge in [-0.15, -0.1) is 0 Å². The Hall–Kier alpha value is -2.05. The summed E-state index contributed by atoms with van der Waals surface area (Å²) in [6, 6.07) is 15.1. The number of benzene rings is 2. The fourth-order valence-electron chi connectivity index (χ4n) is 2.58. The molecule has 134 valence electrons. The molecule has 2 rings (SSSR count). The van der Waals surface area contributed by atoms with Gasteiger partial charge in [-0.05, 0) is 30.2 Å². The van der Waals surface area contributed by atoms with Crippen LogP contribution in [0.4, 0.5) is 5.69 Å². The second kappa shape index (κ2) is 8.36. The third-order valence-electron chi connectivity index (χ3n) is 3.70. The van der Waals surface area contributed by atoms with Gasteiger partial charge < -0.3 is 5.32 Å². The van der Waals surface area contributed by atoms with Crippen LogP contribution in [0.15, 0.2) is 54.6 Å². The number of hydrogen-bond acceptors (Lipinski definition) is 3. The molecule has 0 unspecified atom stereocenters. The number of halogens is 1. The van der Waals surface area contributed by atoms with Crippen LogP contribution in [-0.4, -0.2) is 26.6 Å². The molecule has 0 saturated heterocycles. The predicted octanol–water partition coefficient (Wildman–Crippen LogP) is 3.20. The molecule has 1 amide bonds. The highest BCUT2D eigenvalue weighted by Gasteiger charge is 2.31. The average molecular weight is 381 g/mol. The first kappa shape index (κ1) is 19.3. The zero-order valence-corrected chi connectivity index (χ0v) is 15.7. The molecule has 25 heavy (non-hydrogen) atoms. The van der Waals surface area contributed by atoms with Crippen molar-refractivity contribution in [2.75, 3.05) is 10.6 Å². The highest BCUT2D eigenvalue weighted by molar-refractivity contribution is 7.92. The van der Waals surface area contributed by atoms with Gasteiger partial charge in [0.25, 0.3) is 0 Å². The van der Waals surface area contributed by atoms with Crippen molar-refractivity contribution in [1.82, 2.24) is 5.32 Å². The first-order valence-electron chi connectivity index (χ1n) is 7.89. The zero-order valence-electron chi connectivity index (χ0n) is 14.1. The van der Waals surface area contributed by atoms with Crippen LogP contribution < -0.4 is 9.62 Å². The molecule has 0 aliphatic carbocycles. The molecule has 0 spiro atoms. The van der Waals surface area contributed by atoms with Crippen LogP contribution in [0.1, 0.15) is 18.9 Å². The minimum Gasteiger partial charge on any atom is -0.350 e. The minimum atomic E-state index is -3.66. The molecule has 2 aromatic rings. The van der Waals surface area contributed by atoms with Crippen LogP contribution >= 0.6 is 11.6 Å². The second-order valence-electron chi connectivity index (χ2n) is 5.67. The molecule has 0 aromatic heterocycles.